The van der Waals surface area contributed by atoms with Crippen molar-refractivity contribution in [2.45, 2.75) is 25.1 Å². The number of benzene rings is 1. The molecule has 0 fully saturated rings. The van der Waals surface area contributed by atoms with Crippen LogP contribution in [0.25, 0.3) is 0 Å². The second kappa shape index (κ2) is 8.55. The molecule has 0 bridgehead atoms. The third-order valence-electron chi connectivity index (χ3n) is 2.37. The number of aryl methyl sites for hydroxylation is 1. The van der Waals surface area contributed by atoms with Crippen LogP contribution in [0.3, 0.4) is 0 Å². The number of para-hydroxylation sites is 1. The number of hydrogen-bond acceptors (Lipinski definition) is 2. The quantitative estimate of drug-likeness (QED) is 0.306. The summed E-state index contributed by atoms with van der Waals surface area (Å²) in [5.41, 5.74) is -0.178. The molecule has 0 amide bonds. The van der Waals surface area contributed by atoms with Gasteiger partial charge in [0, 0.05) is 11.8 Å². The van der Waals surface area contributed by atoms with Crippen LogP contribution in [0.1, 0.15) is 11.1 Å². The monoisotopic (exact) mass is 421 g/mol. The first-order valence-corrected chi connectivity index (χ1v) is 9.74. The fraction of sp³-hybridized carbons (Fsp3) is 0.364. The molecule has 0 aliphatic heterocycles. The van der Waals surface area contributed by atoms with E-state index < -0.39 is 46.5 Å². The van der Waals surface area contributed by atoms with Gasteiger partial charge in [0.2, 0.25) is 0 Å². The number of rotatable bonds is 3. The second-order valence-corrected chi connectivity index (χ2v) is 6.53. The molecule has 1 aromatic carbocycles. The fourth-order valence-electron chi connectivity index (χ4n) is 1.19. The number of nitrogens with zero attached hydrogens (tertiary/aromatic N) is 1. The number of aromatic hydroxyl groups is 1. The topological polar surface area (TPSA) is 32.6 Å². The summed E-state index contributed by atoms with van der Waals surface area (Å²) < 4.78 is 86.3. The Kier molecular flexibility index (Phi) is 8.36. The Morgan fingerprint density at radius 2 is 1.57 bits per heavy atom. The van der Waals surface area contributed by atoms with Crippen molar-refractivity contribution in [3.05, 3.63) is 29.3 Å². The first kappa shape index (κ1) is 22.5. The summed E-state index contributed by atoms with van der Waals surface area (Å²) in [7, 11) is 9.78. The van der Waals surface area contributed by atoms with Crippen LogP contribution >= 0.6 is 18.6 Å². The summed E-state index contributed by atoms with van der Waals surface area (Å²) in [6.45, 7) is 1.38. The molecular formula is C11H8Cl2F7NOTi. The van der Waals surface area contributed by atoms with Gasteiger partial charge in [-0.05, 0) is 18.6 Å². The standard InChI is InChI=1S/C11H8F7NO.2ClH.Ti/c1-6-3-2-4-7(8(6)20)5-19-11(17,18)9(12,13)10(14,15)16;;;/h2-5,20H,1H3;2*1H;/q;;;+2/p-2/b19-5+;;;. The van der Waals surface area contributed by atoms with Gasteiger partial charge in [-0.2, -0.15) is 30.7 Å². The Hall–Kier alpha value is -0.506. The second-order valence-electron chi connectivity index (χ2n) is 3.96. The molecule has 0 aromatic heterocycles. The molecule has 1 rings (SSSR count). The van der Waals surface area contributed by atoms with Gasteiger partial charge in [-0.15, -0.1) is 0 Å². The van der Waals surface area contributed by atoms with Crippen molar-refractivity contribution in [1.82, 2.24) is 0 Å². The summed E-state index contributed by atoms with van der Waals surface area (Å²) in [5, 5.41) is 9.41. The zero-order chi connectivity index (χ0) is 18.5. The zero-order valence-electron chi connectivity index (χ0n) is 11.1. The third-order valence-corrected chi connectivity index (χ3v) is 2.37. The minimum absolute atomic E-state index is 0.0714. The van der Waals surface area contributed by atoms with Crippen molar-refractivity contribution in [3.63, 3.8) is 0 Å². The average Bonchev–Trinajstić information content (AvgIpc) is 2.40. The van der Waals surface area contributed by atoms with Crippen molar-refractivity contribution in [2.24, 2.45) is 4.99 Å². The first-order valence-electron chi connectivity index (χ1n) is 5.44. The van der Waals surface area contributed by atoms with Crippen molar-refractivity contribution < 1.29 is 52.9 Å². The molecule has 1 aromatic rings. The molecule has 2 nitrogen and oxygen atoms in total. The number of alkyl halides is 7. The maximum atomic E-state index is 12.9. The molecule has 0 aliphatic carbocycles. The number of hydrogen-bond donors (Lipinski definition) is 1. The van der Waals surface area contributed by atoms with E-state index in [0.29, 0.717) is 0 Å². The summed E-state index contributed by atoms with van der Waals surface area (Å²) in [4.78, 5) is 1.98. The van der Waals surface area contributed by atoms with Gasteiger partial charge in [-0.1, -0.05) is 12.1 Å². The van der Waals surface area contributed by atoms with E-state index in [1.807, 2.05) is 4.99 Å². The number of phenolic OH excluding ortho intramolecular Hbond substituents is 1. The van der Waals surface area contributed by atoms with E-state index in [4.69, 9.17) is 18.6 Å². The molecule has 23 heavy (non-hydrogen) atoms. The van der Waals surface area contributed by atoms with Crippen molar-refractivity contribution >= 4 is 24.8 Å². The number of phenols is 1. The Morgan fingerprint density at radius 1 is 1.09 bits per heavy atom. The van der Waals surface area contributed by atoms with Crippen LogP contribution in [0.15, 0.2) is 23.2 Å². The molecule has 130 valence electrons. The van der Waals surface area contributed by atoms with Gasteiger partial charge in [0.1, 0.15) is 5.75 Å². The zero-order valence-corrected chi connectivity index (χ0v) is 14.2. The van der Waals surface area contributed by atoms with Gasteiger partial charge in [-0.3, -0.25) is 0 Å². The Bertz CT molecular complexity index is 552. The Morgan fingerprint density at radius 3 is 2.00 bits per heavy atom. The van der Waals surface area contributed by atoms with Crippen LogP contribution < -0.4 is 0 Å². The maximum absolute atomic E-state index is 12.9. The molecule has 0 aliphatic rings. The molecule has 0 atom stereocenters. The van der Waals surface area contributed by atoms with Gasteiger partial charge in [0.15, 0.2) is 0 Å². The molecule has 0 radical (unpaired) electrons. The van der Waals surface area contributed by atoms with E-state index in [9.17, 15) is 35.8 Å². The summed E-state index contributed by atoms with van der Waals surface area (Å²) in [6.07, 6.45) is -6.37. The van der Waals surface area contributed by atoms with Crippen LogP contribution in [0, 0.1) is 6.92 Å². The van der Waals surface area contributed by atoms with Gasteiger partial charge < -0.3 is 5.11 Å². The minimum atomic E-state index is -6.44. The van der Waals surface area contributed by atoms with Crippen LogP contribution in [0.5, 0.6) is 5.75 Å². The molecule has 0 saturated carbocycles. The van der Waals surface area contributed by atoms with Crippen molar-refractivity contribution in [2.75, 3.05) is 0 Å². The van der Waals surface area contributed by atoms with Gasteiger partial charge in [-0.25, -0.2) is 4.99 Å². The summed E-state index contributed by atoms with van der Waals surface area (Å²) in [5.74, 6) is -6.85. The first-order chi connectivity index (χ1) is 10.3. The van der Waals surface area contributed by atoms with Crippen molar-refractivity contribution in [3.8, 4) is 5.75 Å². The van der Waals surface area contributed by atoms with Crippen LogP contribution in [0.4, 0.5) is 30.7 Å². The van der Waals surface area contributed by atoms with Crippen molar-refractivity contribution in [1.29, 1.82) is 0 Å². The Balaban J connectivity index is 0.00000149. The number of aliphatic imine (C=N–C) groups is 1. The van der Waals surface area contributed by atoms with Crippen LogP contribution in [0.2, 0.25) is 0 Å². The predicted molar refractivity (Wildman–Crippen MR) is 68.1 cm³/mol. The van der Waals surface area contributed by atoms with E-state index >= 15 is 0 Å². The van der Waals surface area contributed by atoms with Gasteiger partial charge >= 0.3 is 53.8 Å². The van der Waals surface area contributed by atoms with E-state index in [1.54, 1.807) is 0 Å². The molecule has 1 N–H and O–H groups in total. The molecule has 0 heterocycles. The number of halogens is 9. The molecular weight excluding hydrogens is 414 g/mol. The molecule has 0 spiro atoms. The fourth-order valence-corrected chi connectivity index (χ4v) is 1.19. The summed E-state index contributed by atoms with van der Waals surface area (Å²) >= 11 is -0.556. The van der Waals surface area contributed by atoms with Crippen LogP contribution in [-0.4, -0.2) is 29.5 Å². The molecule has 12 heteroatoms. The van der Waals surface area contributed by atoms with Crippen LogP contribution in [-0.2, 0) is 17.0 Å². The average molecular weight is 422 g/mol. The van der Waals surface area contributed by atoms with E-state index in [0.717, 1.165) is 6.07 Å². The van der Waals surface area contributed by atoms with E-state index in [1.165, 1.54) is 19.1 Å². The Labute approximate surface area is 143 Å². The SMILES string of the molecule is Cc1cccc(/C=N/C(F)(F)C(F)(F)C(F)(F)F)c1O.[Cl][Ti][Cl]. The van der Waals surface area contributed by atoms with E-state index in [2.05, 4.69) is 0 Å². The van der Waals surface area contributed by atoms with E-state index in [-0.39, 0.29) is 11.8 Å². The summed E-state index contributed by atoms with van der Waals surface area (Å²) in [6, 6.07) is -1.97. The third kappa shape index (κ3) is 5.81. The molecule has 0 saturated heterocycles. The van der Waals surface area contributed by atoms with Gasteiger partial charge in [0.05, 0.1) is 0 Å². The normalized spacial score (nSPS) is 12.8. The molecule has 0 unspecified atom stereocenters. The predicted octanol–water partition coefficient (Wildman–Crippen LogP) is 5.29. The van der Waals surface area contributed by atoms with Gasteiger partial charge in [0.25, 0.3) is 0 Å².